The number of benzene rings is 2. The molecule has 0 saturated heterocycles. The first-order valence-corrected chi connectivity index (χ1v) is 9.42. The molecule has 3 N–H and O–H groups in total. The maximum absolute atomic E-state index is 12.5. The van der Waals surface area contributed by atoms with Crippen molar-refractivity contribution in [1.82, 2.24) is 20.1 Å². The zero-order valence-electron chi connectivity index (χ0n) is 16.4. The van der Waals surface area contributed by atoms with Gasteiger partial charge in [0.25, 0.3) is 5.91 Å². The molecule has 0 fully saturated rings. The lowest BCUT2D eigenvalue weighted by molar-refractivity contribution is -0.116. The van der Waals surface area contributed by atoms with Gasteiger partial charge in [-0.3, -0.25) is 14.3 Å². The van der Waals surface area contributed by atoms with E-state index in [1.165, 1.54) is 0 Å². The maximum atomic E-state index is 12.5. The number of hydrogen-bond acceptors (Lipinski definition) is 4. The largest absolute Gasteiger partial charge is 0.497 e. The van der Waals surface area contributed by atoms with E-state index >= 15 is 0 Å². The van der Waals surface area contributed by atoms with E-state index < -0.39 is 0 Å². The van der Waals surface area contributed by atoms with Gasteiger partial charge in [-0.2, -0.15) is 5.10 Å². The molecule has 8 nitrogen and oxygen atoms in total. The molecule has 30 heavy (non-hydrogen) atoms. The lowest BCUT2D eigenvalue weighted by Gasteiger charge is -2.08. The van der Waals surface area contributed by atoms with Crippen LogP contribution in [0.1, 0.15) is 16.1 Å². The maximum Gasteiger partial charge on any atom is 0.267 e. The first-order chi connectivity index (χ1) is 14.6. The fourth-order valence-corrected chi connectivity index (χ4v) is 3.13. The number of methoxy groups -OCH3 is 1. The van der Waals surface area contributed by atoms with Crippen LogP contribution in [-0.4, -0.2) is 33.7 Å². The Morgan fingerprint density at radius 1 is 1.13 bits per heavy atom. The topological polar surface area (TPSA) is 101 Å². The van der Waals surface area contributed by atoms with Crippen molar-refractivity contribution in [2.75, 3.05) is 12.4 Å². The number of aromatic amines is 1. The van der Waals surface area contributed by atoms with Gasteiger partial charge in [0, 0.05) is 41.6 Å². The second kappa shape index (κ2) is 8.52. The van der Waals surface area contributed by atoms with Crippen molar-refractivity contribution >= 4 is 28.4 Å². The minimum atomic E-state index is -0.210. The average molecular weight is 403 g/mol. The third-order valence-corrected chi connectivity index (χ3v) is 4.60. The zero-order valence-corrected chi connectivity index (χ0v) is 16.4. The first-order valence-electron chi connectivity index (χ1n) is 9.42. The number of nitrogens with zero attached hydrogens (tertiary/aromatic N) is 2. The van der Waals surface area contributed by atoms with Crippen LogP contribution in [0, 0.1) is 0 Å². The number of fused-ring (bicyclic) bond motifs is 1. The van der Waals surface area contributed by atoms with Crippen LogP contribution in [0.5, 0.6) is 5.75 Å². The molecule has 8 heteroatoms. The molecule has 2 aromatic heterocycles. The molecule has 0 aliphatic rings. The van der Waals surface area contributed by atoms with Crippen molar-refractivity contribution in [2.24, 2.45) is 0 Å². The van der Waals surface area contributed by atoms with Crippen LogP contribution in [0.15, 0.2) is 67.0 Å². The number of nitrogens with one attached hydrogen (secondary N) is 3. The van der Waals surface area contributed by atoms with Crippen LogP contribution < -0.4 is 15.4 Å². The SMILES string of the molecule is COc1ccc2cc(C(=O)NCc3cccc(NC(=O)Cn4cccn4)c3)[nH]c2c1. The lowest BCUT2D eigenvalue weighted by atomic mass is 10.2. The molecule has 152 valence electrons. The molecule has 0 radical (unpaired) electrons. The Balaban J connectivity index is 1.37. The van der Waals surface area contributed by atoms with Crippen molar-refractivity contribution in [3.8, 4) is 5.75 Å². The van der Waals surface area contributed by atoms with Gasteiger partial charge in [0.1, 0.15) is 18.0 Å². The normalized spacial score (nSPS) is 10.7. The zero-order chi connectivity index (χ0) is 20.9. The molecule has 0 unspecified atom stereocenters. The van der Waals surface area contributed by atoms with E-state index in [0.29, 0.717) is 17.9 Å². The Morgan fingerprint density at radius 2 is 2.03 bits per heavy atom. The van der Waals surface area contributed by atoms with Crippen LogP contribution in [0.25, 0.3) is 10.9 Å². The van der Waals surface area contributed by atoms with Crippen molar-refractivity contribution in [2.45, 2.75) is 13.1 Å². The molecule has 0 spiro atoms. The molecular weight excluding hydrogens is 382 g/mol. The van der Waals surface area contributed by atoms with E-state index in [1.54, 1.807) is 42.4 Å². The highest BCUT2D eigenvalue weighted by atomic mass is 16.5. The highest BCUT2D eigenvalue weighted by molar-refractivity contribution is 5.98. The second-order valence-electron chi connectivity index (χ2n) is 6.77. The van der Waals surface area contributed by atoms with Crippen LogP contribution in [0.3, 0.4) is 0 Å². The van der Waals surface area contributed by atoms with E-state index in [9.17, 15) is 9.59 Å². The Labute approximate surface area is 172 Å². The van der Waals surface area contributed by atoms with Gasteiger partial charge in [0.15, 0.2) is 0 Å². The summed E-state index contributed by atoms with van der Waals surface area (Å²) in [4.78, 5) is 27.8. The van der Waals surface area contributed by atoms with Crippen molar-refractivity contribution in [3.05, 3.63) is 78.2 Å². The number of H-pyrrole nitrogens is 1. The summed E-state index contributed by atoms with van der Waals surface area (Å²) in [6.07, 6.45) is 3.35. The molecule has 2 aromatic carbocycles. The summed E-state index contributed by atoms with van der Waals surface area (Å²) in [5, 5.41) is 10.7. The van der Waals surface area contributed by atoms with Gasteiger partial charge in [-0.05, 0) is 42.0 Å². The number of carbonyl (C=O) groups is 2. The predicted molar refractivity (Wildman–Crippen MR) is 113 cm³/mol. The highest BCUT2D eigenvalue weighted by Gasteiger charge is 2.10. The molecule has 0 aliphatic carbocycles. The summed E-state index contributed by atoms with van der Waals surface area (Å²) in [5.74, 6) is 0.342. The van der Waals surface area contributed by atoms with E-state index in [2.05, 4.69) is 20.7 Å². The summed E-state index contributed by atoms with van der Waals surface area (Å²) in [6, 6.07) is 16.5. The number of carbonyl (C=O) groups excluding carboxylic acids is 2. The van der Waals surface area contributed by atoms with Gasteiger partial charge in [-0.1, -0.05) is 12.1 Å². The molecule has 0 bridgehead atoms. The van der Waals surface area contributed by atoms with Gasteiger partial charge in [-0.15, -0.1) is 0 Å². The summed E-state index contributed by atoms with van der Waals surface area (Å²) in [5.41, 5.74) is 2.85. The number of hydrogen-bond donors (Lipinski definition) is 3. The summed E-state index contributed by atoms with van der Waals surface area (Å²) < 4.78 is 6.76. The van der Waals surface area contributed by atoms with Crippen LogP contribution in [-0.2, 0) is 17.9 Å². The van der Waals surface area contributed by atoms with Crippen LogP contribution in [0.4, 0.5) is 5.69 Å². The quantitative estimate of drug-likeness (QED) is 0.442. The van der Waals surface area contributed by atoms with Gasteiger partial charge < -0.3 is 20.4 Å². The van der Waals surface area contributed by atoms with Crippen LogP contribution >= 0.6 is 0 Å². The summed E-state index contributed by atoms with van der Waals surface area (Å²) in [6.45, 7) is 0.472. The summed E-state index contributed by atoms with van der Waals surface area (Å²) in [7, 11) is 1.60. The third kappa shape index (κ3) is 4.49. The molecule has 0 saturated carbocycles. The standard InChI is InChI=1S/C22H21N5O3/c1-30-18-7-6-16-11-20(26-19(16)12-18)22(29)23-13-15-4-2-5-17(10-15)25-21(28)14-27-9-3-8-24-27/h2-12,26H,13-14H2,1H3,(H,23,29)(H,25,28). The van der Waals surface area contributed by atoms with Gasteiger partial charge >= 0.3 is 0 Å². The number of ether oxygens (including phenoxy) is 1. The van der Waals surface area contributed by atoms with Crippen LogP contribution in [0.2, 0.25) is 0 Å². The van der Waals surface area contributed by atoms with E-state index in [4.69, 9.17) is 4.74 Å². The fourth-order valence-electron chi connectivity index (χ4n) is 3.13. The highest BCUT2D eigenvalue weighted by Crippen LogP contribution is 2.21. The number of anilines is 1. The Hall–Kier alpha value is -4.07. The third-order valence-electron chi connectivity index (χ3n) is 4.60. The molecule has 4 rings (SSSR count). The number of rotatable bonds is 7. The molecule has 0 aliphatic heterocycles. The number of aromatic nitrogens is 3. The van der Waals surface area contributed by atoms with Crippen molar-refractivity contribution in [1.29, 1.82) is 0 Å². The molecule has 2 heterocycles. The Kier molecular flexibility index (Phi) is 5.47. The van der Waals surface area contributed by atoms with Crippen molar-refractivity contribution in [3.63, 3.8) is 0 Å². The number of amides is 2. The van der Waals surface area contributed by atoms with Gasteiger partial charge in [0.2, 0.25) is 5.91 Å². The predicted octanol–water partition coefficient (Wildman–Crippen LogP) is 2.94. The Morgan fingerprint density at radius 3 is 2.83 bits per heavy atom. The second-order valence-corrected chi connectivity index (χ2v) is 6.77. The minimum Gasteiger partial charge on any atom is -0.497 e. The average Bonchev–Trinajstić information content (AvgIpc) is 3.41. The molecule has 0 atom stereocenters. The van der Waals surface area contributed by atoms with Gasteiger partial charge in [0.05, 0.1) is 7.11 Å². The Bertz CT molecular complexity index is 1180. The van der Waals surface area contributed by atoms with Crippen molar-refractivity contribution < 1.29 is 14.3 Å². The summed E-state index contributed by atoms with van der Waals surface area (Å²) >= 11 is 0. The lowest BCUT2D eigenvalue weighted by Crippen LogP contribution is -2.23. The van der Waals surface area contributed by atoms with E-state index in [-0.39, 0.29) is 18.4 Å². The first kappa shape index (κ1) is 19.3. The minimum absolute atomic E-state index is 0.138. The van der Waals surface area contributed by atoms with E-state index in [1.807, 2.05) is 36.4 Å². The smallest absolute Gasteiger partial charge is 0.267 e. The molecule has 2 amide bonds. The van der Waals surface area contributed by atoms with Gasteiger partial charge in [-0.25, -0.2) is 0 Å². The van der Waals surface area contributed by atoms with E-state index in [0.717, 1.165) is 22.2 Å². The monoisotopic (exact) mass is 403 g/mol. The molecular formula is C22H21N5O3. The fraction of sp³-hybridized carbons (Fsp3) is 0.136. The molecule has 4 aromatic rings.